The van der Waals surface area contributed by atoms with Gasteiger partial charge in [-0.2, -0.15) is 0 Å². The molecule has 7 N–H and O–H groups in total. The molecule has 2 aromatic carbocycles. The van der Waals surface area contributed by atoms with Crippen molar-refractivity contribution in [1.29, 1.82) is 0 Å². The lowest BCUT2D eigenvalue weighted by atomic mass is 9.46. The lowest BCUT2D eigenvalue weighted by Crippen LogP contribution is -2.63. The molecule has 2 aromatic rings. The zero-order valence-corrected chi connectivity index (χ0v) is 37.5. The van der Waals surface area contributed by atoms with Gasteiger partial charge in [0.1, 0.15) is 25.0 Å². The largest absolute Gasteiger partial charge is 0.489 e. The zero-order valence-electron chi connectivity index (χ0n) is 35.1. The van der Waals surface area contributed by atoms with Crippen molar-refractivity contribution in [3.8, 4) is 5.75 Å². The molecule has 3 saturated carbocycles. The summed E-state index contributed by atoms with van der Waals surface area (Å²) >= 11 is 2.97. The fourth-order valence-corrected chi connectivity index (χ4v) is 11.3. The van der Waals surface area contributed by atoms with E-state index in [0.717, 1.165) is 5.57 Å². The van der Waals surface area contributed by atoms with Crippen LogP contribution in [0.5, 0.6) is 5.75 Å². The van der Waals surface area contributed by atoms with E-state index in [1.807, 2.05) is 19.9 Å². The first kappa shape index (κ1) is 47.4. The number of benzene rings is 2. The van der Waals surface area contributed by atoms with Crippen molar-refractivity contribution in [2.45, 2.75) is 89.1 Å². The van der Waals surface area contributed by atoms with Gasteiger partial charge in [-0.15, -0.1) is 0 Å². The number of carboxylic acids is 1. The van der Waals surface area contributed by atoms with Crippen molar-refractivity contribution in [3.63, 3.8) is 0 Å². The van der Waals surface area contributed by atoms with Crippen LogP contribution < -0.4 is 20.7 Å². The maximum absolute atomic E-state index is 14.4. The van der Waals surface area contributed by atoms with Crippen LogP contribution in [0, 0.1) is 28.6 Å². The summed E-state index contributed by atoms with van der Waals surface area (Å²) in [5.74, 6) is -3.79. The highest BCUT2D eigenvalue weighted by Gasteiger charge is 2.76. The predicted molar refractivity (Wildman–Crippen MR) is 229 cm³/mol. The summed E-state index contributed by atoms with van der Waals surface area (Å²) < 4.78 is 36.0. The van der Waals surface area contributed by atoms with E-state index < -0.39 is 91.4 Å². The third kappa shape index (κ3) is 9.54. The minimum Gasteiger partial charge on any atom is -0.489 e. The maximum Gasteiger partial charge on any atom is 0.470 e. The minimum absolute atomic E-state index is 0.0201. The van der Waals surface area contributed by atoms with Gasteiger partial charge in [-0.05, 0) is 85.9 Å². The quantitative estimate of drug-likeness (QED) is 0.0878. The van der Waals surface area contributed by atoms with Crippen LogP contribution in [-0.2, 0) is 53.9 Å². The Morgan fingerprint density at radius 1 is 1.06 bits per heavy atom. The zero-order chi connectivity index (χ0) is 46.2. The van der Waals surface area contributed by atoms with Crippen molar-refractivity contribution in [2.24, 2.45) is 28.6 Å². The van der Waals surface area contributed by atoms with E-state index >= 15 is 0 Å². The van der Waals surface area contributed by atoms with Gasteiger partial charge >= 0.3 is 13.8 Å². The predicted octanol–water partition coefficient (Wildman–Crippen LogP) is 3.78. The van der Waals surface area contributed by atoms with Crippen molar-refractivity contribution < 1.29 is 72.1 Å². The Labute approximate surface area is 376 Å². The summed E-state index contributed by atoms with van der Waals surface area (Å²) in [6.07, 6.45) is 3.48. The Bertz CT molecular complexity index is 2300. The van der Waals surface area contributed by atoms with Gasteiger partial charge in [-0.25, -0.2) is 4.57 Å². The molecule has 5 aliphatic rings. The van der Waals surface area contributed by atoms with Crippen LogP contribution in [0.4, 0.5) is 5.69 Å². The highest BCUT2D eigenvalue weighted by atomic mass is 79.9. The molecule has 7 rings (SSSR count). The Balaban J connectivity index is 1.03. The Hall–Kier alpha value is -4.59. The van der Waals surface area contributed by atoms with Crippen LogP contribution in [0.2, 0.25) is 0 Å². The van der Waals surface area contributed by atoms with Gasteiger partial charge in [-0.1, -0.05) is 65.7 Å². The molecule has 0 radical (unpaired) electrons. The Kier molecular flexibility index (Phi) is 13.9. The first-order chi connectivity index (χ1) is 30.3. The second-order valence-electron chi connectivity index (χ2n) is 17.5. The number of anilines is 1. The molecule has 1 saturated heterocycles. The fourth-order valence-electron chi connectivity index (χ4n) is 10.8. The molecule has 10 atom stereocenters. The topological polar surface area (TPSA) is 273 Å². The van der Waals surface area contributed by atoms with Gasteiger partial charge < -0.3 is 50.2 Å². The van der Waals surface area contributed by atoms with Gasteiger partial charge in [0.2, 0.25) is 17.7 Å². The van der Waals surface area contributed by atoms with E-state index in [2.05, 4.69) is 31.9 Å². The number of ketones is 2. The number of amides is 3. The molecular formula is C44H51BrN3O15P. The van der Waals surface area contributed by atoms with Gasteiger partial charge in [0, 0.05) is 34.4 Å². The molecule has 0 spiro atoms. The molecule has 3 amide bonds. The van der Waals surface area contributed by atoms with Gasteiger partial charge in [0.15, 0.2) is 23.5 Å². The standard InChI is InChI=1S/C44H51BrN3O15P/c1-42-15-14-28(49)17-26(42)8-11-30-31-18-35-44(34(51)23-61-64(57,58)59,43(31,2)19-33(50)39(30)42)63-41(62-35)25-4-3-5-29(16-25)60-22-24-6-9-27(10-7-24)47-40(56)32(12-13-38(54)55)48-37(53)21-46-36(52)20-45/h3-7,9-10,14-17,30-33,35,39,41,50H,8,11-13,18-23H2,1-2H3,(H,46,52)(H,47,56)(H,48,53)(H,54,55)(H2,57,58,59)/t30-,31-,32-,33-,35+,39+,41+,42-,43-,44+/m0/s1. The van der Waals surface area contributed by atoms with E-state index in [-0.39, 0.29) is 54.7 Å². The molecule has 4 aliphatic carbocycles. The number of halogens is 1. The van der Waals surface area contributed by atoms with Crippen molar-refractivity contribution in [3.05, 3.63) is 83.5 Å². The molecule has 344 valence electrons. The molecule has 1 aliphatic heterocycles. The Morgan fingerprint density at radius 3 is 2.52 bits per heavy atom. The number of alkyl halides is 1. The summed E-state index contributed by atoms with van der Waals surface area (Å²) in [5.41, 5.74) is -0.781. The van der Waals surface area contributed by atoms with Gasteiger partial charge in [0.25, 0.3) is 0 Å². The molecule has 20 heteroatoms. The summed E-state index contributed by atoms with van der Waals surface area (Å²) in [6, 6.07) is 12.3. The first-order valence-corrected chi connectivity index (χ1v) is 23.6. The highest BCUT2D eigenvalue weighted by Crippen LogP contribution is 2.70. The van der Waals surface area contributed by atoms with Crippen LogP contribution in [0.25, 0.3) is 0 Å². The van der Waals surface area contributed by atoms with E-state index in [0.29, 0.717) is 41.8 Å². The van der Waals surface area contributed by atoms with E-state index in [4.69, 9.17) is 23.8 Å². The van der Waals surface area contributed by atoms with Crippen LogP contribution in [0.15, 0.2) is 72.3 Å². The average molecular weight is 973 g/mol. The number of aliphatic hydroxyl groups is 1. The number of nitrogens with one attached hydrogen (secondary N) is 3. The molecule has 18 nitrogen and oxygen atoms in total. The van der Waals surface area contributed by atoms with E-state index in [1.165, 1.54) is 0 Å². The number of ether oxygens (including phenoxy) is 3. The number of carbonyl (C=O) groups is 6. The van der Waals surface area contributed by atoms with Crippen LogP contribution in [-0.4, -0.2) is 97.6 Å². The maximum atomic E-state index is 14.4. The summed E-state index contributed by atoms with van der Waals surface area (Å²) in [5, 5.41) is 28.6. The summed E-state index contributed by atoms with van der Waals surface area (Å²) in [6.45, 7) is 2.67. The summed E-state index contributed by atoms with van der Waals surface area (Å²) in [7, 11) is -5.05. The van der Waals surface area contributed by atoms with Crippen molar-refractivity contribution in [2.75, 3.05) is 23.8 Å². The SMILES string of the molecule is C[C@]12C=CC(=O)C=C1CC[C@@H]1[C@@H]2[C@@H](O)C[C@@]2(C)[C@H]1C[C@H]1O[C@@H](c3cccc(OCc4ccc(NC(=O)[C@H](CCC(=O)O)NC(=O)CNC(=O)CBr)cc4)c3)O[C@]12C(=O)COP(=O)(O)O. The third-order valence-electron chi connectivity index (χ3n) is 13.6. The van der Waals surface area contributed by atoms with E-state index in [1.54, 1.807) is 60.7 Å². The van der Waals surface area contributed by atoms with Crippen LogP contribution in [0.3, 0.4) is 0 Å². The monoisotopic (exact) mass is 971 g/mol. The number of aliphatic carboxylic acids is 1. The second kappa shape index (κ2) is 18.7. The van der Waals surface area contributed by atoms with Crippen molar-refractivity contribution >= 4 is 64.7 Å². The molecule has 0 aromatic heterocycles. The number of rotatable bonds is 17. The Morgan fingerprint density at radius 2 is 1.81 bits per heavy atom. The number of phosphoric acid groups is 1. The normalized spacial score (nSPS) is 30.7. The number of phosphoric ester groups is 1. The second-order valence-corrected chi connectivity index (χ2v) is 19.3. The number of fused-ring (bicyclic) bond motifs is 7. The number of carboxylic acid groups (broad SMARTS) is 1. The fraction of sp³-hybridized carbons (Fsp3) is 0.500. The third-order valence-corrected chi connectivity index (χ3v) is 14.6. The first-order valence-electron chi connectivity index (χ1n) is 20.9. The molecule has 4 fully saturated rings. The lowest BCUT2D eigenvalue weighted by molar-refractivity contribution is -0.200. The average Bonchev–Trinajstić information content (AvgIpc) is 3.75. The number of Topliss-reactive ketones (excluding diaryl/α,β-unsaturated/α-hetero) is 1. The molecule has 0 bridgehead atoms. The number of allylic oxidation sites excluding steroid dienone is 4. The number of hydrogen-bond acceptors (Lipinski definition) is 12. The molecule has 0 unspecified atom stereocenters. The van der Waals surface area contributed by atoms with Crippen molar-refractivity contribution in [1.82, 2.24) is 10.6 Å². The van der Waals surface area contributed by atoms with Gasteiger partial charge in [-0.3, -0.25) is 33.3 Å². The number of aliphatic hydroxyl groups excluding tert-OH is 1. The highest BCUT2D eigenvalue weighted by molar-refractivity contribution is 9.09. The smallest absolute Gasteiger partial charge is 0.470 e. The molecule has 64 heavy (non-hydrogen) atoms. The summed E-state index contributed by atoms with van der Waals surface area (Å²) in [4.78, 5) is 94.0. The molecule has 1 heterocycles. The lowest BCUT2D eigenvalue weighted by Gasteiger charge is -2.59. The van der Waals surface area contributed by atoms with Gasteiger partial charge in [0.05, 0.1) is 24.1 Å². The minimum atomic E-state index is -5.05. The van der Waals surface area contributed by atoms with Crippen LogP contribution >= 0.6 is 23.8 Å². The molecular weight excluding hydrogens is 921 g/mol. The number of carbonyl (C=O) groups excluding carboxylic acids is 5. The van der Waals surface area contributed by atoms with E-state index in [9.17, 15) is 48.2 Å². The van der Waals surface area contributed by atoms with Crippen LogP contribution in [0.1, 0.15) is 69.8 Å². The number of hydrogen-bond donors (Lipinski definition) is 7.